The van der Waals surface area contributed by atoms with Crippen LogP contribution < -0.4 is 5.56 Å². The molecule has 0 aliphatic carbocycles. The number of aryl methyl sites for hydroxylation is 2. The Morgan fingerprint density at radius 2 is 1.69 bits per heavy atom. The third-order valence-corrected chi connectivity index (χ3v) is 4.65. The Morgan fingerprint density at radius 3 is 2.41 bits per heavy atom. The first kappa shape index (κ1) is 19.0. The maximum Gasteiger partial charge on any atom is 0.266 e. The van der Waals surface area contributed by atoms with Gasteiger partial charge in [-0.05, 0) is 62.4 Å². The Morgan fingerprint density at radius 1 is 0.966 bits per heavy atom. The molecule has 7 heteroatoms. The van der Waals surface area contributed by atoms with Crippen molar-refractivity contribution in [1.82, 2.24) is 19.5 Å². The van der Waals surface area contributed by atoms with E-state index in [1.54, 1.807) is 36.4 Å². The molecule has 0 spiro atoms. The summed E-state index contributed by atoms with van der Waals surface area (Å²) in [7, 11) is 0. The Balaban J connectivity index is 1.98. The van der Waals surface area contributed by atoms with E-state index in [2.05, 4.69) is 15.0 Å². The van der Waals surface area contributed by atoms with Crippen LogP contribution in [-0.4, -0.2) is 19.5 Å². The van der Waals surface area contributed by atoms with Crippen LogP contribution in [0.2, 0.25) is 5.02 Å². The van der Waals surface area contributed by atoms with E-state index in [4.69, 9.17) is 11.6 Å². The SMILES string of the molecule is Cc1cc(C)nc(C=Cc2nc3ccc(F)cc3c(=O)n2-c2ccccc2Cl)n1. The number of nitrogens with zero attached hydrogens (tertiary/aromatic N) is 4. The highest BCUT2D eigenvalue weighted by Crippen LogP contribution is 2.22. The number of hydrogen-bond acceptors (Lipinski definition) is 4. The largest absolute Gasteiger partial charge is 0.268 e. The predicted molar refractivity (Wildman–Crippen MR) is 113 cm³/mol. The van der Waals surface area contributed by atoms with E-state index in [0.717, 1.165) is 11.4 Å². The molecule has 0 fully saturated rings. The molecule has 144 valence electrons. The molecule has 0 aliphatic rings. The highest BCUT2D eigenvalue weighted by Gasteiger charge is 2.14. The fourth-order valence-corrected chi connectivity index (χ4v) is 3.35. The molecule has 0 aliphatic heterocycles. The van der Waals surface area contributed by atoms with Crippen molar-refractivity contribution >= 4 is 34.7 Å². The standard InChI is InChI=1S/C22H16ClFN4O/c1-13-11-14(2)26-20(25-13)9-10-21-27-18-8-7-15(24)12-16(18)22(29)28(21)19-6-4-3-5-17(19)23/h3-12H,1-2H3. The maximum atomic E-state index is 13.7. The lowest BCUT2D eigenvalue weighted by molar-refractivity contribution is 0.629. The van der Waals surface area contributed by atoms with E-state index in [9.17, 15) is 9.18 Å². The van der Waals surface area contributed by atoms with E-state index < -0.39 is 11.4 Å². The second-order valence-electron chi connectivity index (χ2n) is 6.57. The van der Waals surface area contributed by atoms with Crippen molar-refractivity contribution in [1.29, 1.82) is 0 Å². The van der Waals surface area contributed by atoms with Gasteiger partial charge < -0.3 is 0 Å². The first-order chi connectivity index (χ1) is 13.9. The summed E-state index contributed by atoms with van der Waals surface area (Å²) in [4.78, 5) is 26.5. The van der Waals surface area contributed by atoms with Crippen molar-refractivity contribution in [2.75, 3.05) is 0 Å². The van der Waals surface area contributed by atoms with Gasteiger partial charge in [0.05, 0.1) is 21.6 Å². The van der Waals surface area contributed by atoms with Gasteiger partial charge in [0.2, 0.25) is 0 Å². The summed E-state index contributed by atoms with van der Waals surface area (Å²) >= 11 is 6.33. The summed E-state index contributed by atoms with van der Waals surface area (Å²) in [5.74, 6) is 0.334. The van der Waals surface area contributed by atoms with Crippen molar-refractivity contribution in [3.05, 3.63) is 92.8 Å². The third-order valence-electron chi connectivity index (χ3n) is 4.33. The number of aromatic nitrogens is 4. The lowest BCUT2D eigenvalue weighted by Gasteiger charge is -2.12. The Labute approximate surface area is 171 Å². The highest BCUT2D eigenvalue weighted by molar-refractivity contribution is 6.32. The van der Waals surface area contributed by atoms with E-state index in [-0.39, 0.29) is 5.39 Å². The van der Waals surface area contributed by atoms with Gasteiger partial charge in [-0.3, -0.25) is 9.36 Å². The van der Waals surface area contributed by atoms with E-state index >= 15 is 0 Å². The van der Waals surface area contributed by atoms with Gasteiger partial charge >= 0.3 is 0 Å². The Bertz CT molecular complexity index is 1310. The Kier molecular flexibility index (Phi) is 4.94. The summed E-state index contributed by atoms with van der Waals surface area (Å²) in [6.07, 6.45) is 3.34. The van der Waals surface area contributed by atoms with Crippen LogP contribution in [0.15, 0.2) is 53.3 Å². The van der Waals surface area contributed by atoms with Gasteiger partial charge in [0, 0.05) is 11.4 Å². The molecule has 4 rings (SSSR count). The maximum absolute atomic E-state index is 13.7. The minimum Gasteiger partial charge on any atom is -0.268 e. The third kappa shape index (κ3) is 3.79. The minimum atomic E-state index is -0.506. The summed E-state index contributed by atoms with van der Waals surface area (Å²) in [5.41, 5.74) is 2.10. The Hall–Kier alpha value is -3.38. The zero-order valence-corrected chi connectivity index (χ0v) is 16.5. The lowest BCUT2D eigenvalue weighted by atomic mass is 10.2. The fourth-order valence-electron chi connectivity index (χ4n) is 3.13. The second-order valence-corrected chi connectivity index (χ2v) is 6.97. The van der Waals surface area contributed by atoms with Crippen LogP contribution in [0, 0.1) is 19.7 Å². The molecule has 0 bridgehead atoms. The topological polar surface area (TPSA) is 60.7 Å². The zero-order chi connectivity index (χ0) is 20.5. The molecular weight excluding hydrogens is 391 g/mol. The number of hydrogen-bond donors (Lipinski definition) is 0. The molecule has 2 aromatic carbocycles. The minimum absolute atomic E-state index is 0.171. The van der Waals surface area contributed by atoms with Crippen molar-refractivity contribution in [2.24, 2.45) is 0 Å². The van der Waals surface area contributed by atoms with Crippen LogP contribution in [0.3, 0.4) is 0 Å². The quantitative estimate of drug-likeness (QED) is 0.492. The zero-order valence-electron chi connectivity index (χ0n) is 15.7. The normalized spacial score (nSPS) is 11.4. The number of para-hydroxylation sites is 1. The van der Waals surface area contributed by atoms with Crippen LogP contribution in [0.1, 0.15) is 23.0 Å². The molecule has 2 heterocycles. The van der Waals surface area contributed by atoms with Gasteiger partial charge in [0.25, 0.3) is 5.56 Å². The average Bonchev–Trinajstić information content (AvgIpc) is 2.67. The second kappa shape index (κ2) is 7.56. The molecule has 0 N–H and O–H groups in total. The van der Waals surface area contributed by atoms with Gasteiger partial charge in [-0.15, -0.1) is 0 Å². The molecule has 4 aromatic rings. The smallest absolute Gasteiger partial charge is 0.266 e. The molecule has 0 saturated heterocycles. The summed E-state index contributed by atoms with van der Waals surface area (Å²) in [5, 5.41) is 0.550. The van der Waals surface area contributed by atoms with Crippen molar-refractivity contribution in [3.8, 4) is 5.69 Å². The first-order valence-electron chi connectivity index (χ1n) is 8.90. The van der Waals surface area contributed by atoms with Crippen LogP contribution in [0.25, 0.3) is 28.7 Å². The van der Waals surface area contributed by atoms with Crippen molar-refractivity contribution in [3.63, 3.8) is 0 Å². The predicted octanol–water partition coefficient (Wildman–Crippen LogP) is 4.76. The number of halogens is 2. The van der Waals surface area contributed by atoms with E-state index in [1.165, 1.54) is 22.8 Å². The van der Waals surface area contributed by atoms with Gasteiger partial charge in [-0.2, -0.15) is 0 Å². The monoisotopic (exact) mass is 406 g/mol. The van der Waals surface area contributed by atoms with E-state index in [0.29, 0.717) is 27.9 Å². The highest BCUT2D eigenvalue weighted by atomic mass is 35.5. The molecule has 0 radical (unpaired) electrons. The van der Waals surface area contributed by atoms with Gasteiger partial charge in [0.15, 0.2) is 5.82 Å². The van der Waals surface area contributed by atoms with Crippen LogP contribution in [-0.2, 0) is 0 Å². The molecule has 0 amide bonds. The molecule has 5 nitrogen and oxygen atoms in total. The van der Waals surface area contributed by atoms with Crippen molar-refractivity contribution in [2.45, 2.75) is 13.8 Å². The number of rotatable bonds is 3. The van der Waals surface area contributed by atoms with Crippen LogP contribution in [0.4, 0.5) is 4.39 Å². The van der Waals surface area contributed by atoms with Crippen LogP contribution in [0.5, 0.6) is 0 Å². The van der Waals surface area contributed by atoms with Gasteiger partial charge in [-0.25, -0.2) is 19.3 Å². The molecular formula is C22H16ClFN4O. The van der Waals surface area contributed by atoms with Crippen molar-refractivity contribution < 1.29 is 4.39 Å². The first-order valence-corrected chi connectivity index (χ1v) is 9.28. The van der Waals surface area contributed by atoms with Gasteiger partial charge in [0.1, 0.15) is 11.6 Å². The molecule has 0 saturated carbocycles. The summed E-state index contributed by atoms with van der Waals surface area (Å²) < 4.78 is 15.1. The molecule has 2 aromatic heterocycles. The molecule has 0 unspecified atom stereocenters. The van der Waals surface area contributed by atoms with Crippen LogP contribution >= 0.6 is 11.6 Å². The average molecular weight is 407 g/mol. The number of fused-ring (bicyclic) bond motifs is 1. The fraction of sp³-hybridized carbons (Fsp3) is 0.0909. The molecule has 29 heavy (non-hydrogen) atoms. The number of benzene rings is 2. The van der Waals surface area contributed by atoms with Gasteiger partial charge in [-0.1, -0.05) is 23.7 Å². The summed E-state index contributed by atoms with van der Waals surface area (Å²) in [6, 6.07) is 12.7. The lowest BCUT2D eigenvalue weighted by Crippen LogP contribution is -2.22. The molecule has 0 atom stereocenters. The summed E-state index contributed by atoms with van der Waals surface area (Å²) in [6.45, 7) is 3.77. The van der Waals surface area contributed by atoms with E-state index in [1.807, 2.05) is 19.9 Å².